The van der Waals surface area contributed by atoms with Gasteiger partial charge in [-0.15, -0.1) is 0 Å². The van der Waals surface area contributed by atoms with Gasteiger partial charge in [-0.05, 0) is 24.6 Å². The van der Waals surface area contributed by atoms with Gasteiger partial charge in [0.1, 0.15) is 0 Å². The van der Waals surface area contributed by atoms with Gasteiger partial charge < -0.3 is 17.1 Å². The van der Waals surface area contributed by atoms with Crippen LogP contribution >= 0.6 is 0 Å². The molecule has 0 aliphatic heterocycles. The maximum absolute atomic E-state index is 13.0. The van der Waals surface area contributed by atoms with Crippen molar-refractivity contribution in [2.24, 2.45) is 0 Å². The zero-order chi connectivity index (χ0) is 17.0. The molecular weight excluding hydrogens is 338 g/mol. The number of benzene rings is 1. The molecule has 0 amide bonds. The predicted molar refractivity (Wildman–Crippen MR) is 83.1 cm³/mol. The van der Waals surface area contributed by atoms with E-state index in [1.54, 1.807) is 24.4 Å². The van der Waals surface area contributed by atoms with Crippen molar-refractivity contribution in [2.75, 3.05) is 7.11 Å². The quantitative estimate of drug-likeness (QED) is 0.583. The minimum atomic E-state index is -2.98. The van der Waals surface area contributed by atoms with Gasteiger partial charge in [0.2, 0.25) is 11.9 Å². The first-order valence-electron chi connectivity index (χ1n) is 6.94. The van der Waals surface area contributed by atoms with E-state index >= 15 is 0 Å². The Morgan fingerprint density at radius 2 is 2.00 bits per heavy atom. The van der Waals surface area contributed by atoms with Crippen LogP contribution in [0.1, 0.15) is 22.8 Å². The summed E-state index contributed by atoms with van der Waals surface area (Å²) in [5.74, 6) is -3.53. The Bertz CT molecular complexity index is 741. The Hall–Kier alpha value is -2.34. The number of ether oxygens (including phenoxy) is 1. The molecule has 0 aliphatic rings. The number of nitrogens with zero attached hydrogens (tertiary/aromatic N) is 1. The third kappa shape index (κ3) is 5.38. The fourth-order valence-electron chi connectivity index (χ4n) is 1.94. The molecule has 0 unspecified atom stereocenters. The van der Waals surface area contributed by atoms with E-state index in [1.165, 1.54) is 13.2 Å². The average molecular weight is 355 g/mol. The highest BCUT2D eigenvalue weighted by atomic mass is 35.5. The number of pyridine rings is 1. The maximum atomic E-state index is 13.0. The van der Waals surface area contributed by atoms with E-state index in [2.05, 4.69) is 9.98 Å². The molecular formula is C17H17ClF2N2O2. The topological polar surface area (TPSA) is 53.2 Å². The zero-order valence-corrected chi connectivity index (χ0v) is 14.2. The Balaban J connectivity index is 0.00000288. The van der Waals surface area contributed by atoms with Crippen LogP contribution in [0.4, 0.5) is 14.5 Å². The highest BCUT2D eigenvalue weighted by Gasteiger charge is 2.22. The molecule has 1 aromatic carbocycles. The third-order valence-corrected chi connectivity index (χ3v) is 3.05. The first-order chi connectivity index (χ1) is 10.8. The molecule has 0 saturated carbocycles. The summed E-state index contributed by atoms with van der Waals surface area (Å²) in [6.45, 7) is 2.68. The summed E-state index contributed by atoms with van der Waals surface area (Å²) in [5, 5.41) is 0. The van der Waals surface area contributed by atoms with Crippen LogP contribution < -0.4 is 17.4 Å². The lowest BCUT2D eigenvalue weighted by Gasteiger charge is -2.05. The number of carbonyl (C=O) groups excluding carboxylic acids is 1. The maximum Gasteiger partial charge on any atom is 0.338 e. The number of alkyl halides is 2. The van der Waals surface area contributed by atoms with E-state index in [-0.39, 0.29) is 18.0 Å². The molecule has 0 fully saturated rings. The monoisotopic (exact) mass is 354 g/mol. The summed E-state index contributed by atoms with van der Waals surface area (Å²) in [5.41, 5.74) is 2.86. The molecule has 7 heteroatoms. The molecule has 2 aromatic rings. The second kappa shape index (κ2) is 7.97. The molecule has 0 bridgehead atoms. The zero-order valence-electron chi connectivity index (χ0n) is 13.4. The van der Waals surface area contributed by atoms with Gasteiger partial charge >= 0.3 is 11.9 Å². The van der Waals surface area contributed by atoms with Crippen molar-refractivity contribution >= 4 is 17.9 Å². The van der Waals surface area contributed by atoms with Gasteiger partial charge in [0.15, 0.2) is 0 Å². The van der Waals surface area contributed by atoms with E-state index in [4.69, 9.17) is 4.74 Å². The number of hydrogen-bond donors (Lipinski definition) is 1. The number of rotatable bonds is 4. The molecule has 0 radical (unpaired) electrons. The Kier molecular flexibility index (Phi) is 6.54. The fraction of sp³-hybridized carbons (Fsp3) is 0.235. The van der Waals surface area contributed by atoms with Crippen molar-refractivity contribution in [1.82, 2.24) is 4.98 Å². The summed E-state index contributed by atoms with van der Waals surface area (Å²) in [7, 11) is 1.26. The Morgan fingerprint density at radius 1 is 1.29 bits per heavy atom. The summed E-state index contributed by atoms with van der Waals surface area (Å²) in [4.78, 5) is 18.6. The fourth-order valence-corrected chi connectivity index (χ4v) is 1.94. The van der Waals surface area contributed by atoms with Crippen molar-refractivity contribution in [3.63, 3.8) is 0 Å². The number of halogens is 3. The van der Waals surface area contributed by atoms with Gasteiger partial charge in [-0.25, -0.2) is 9.79 Å². The lowest BCUT2D eigenvalue weighted by atomic mass is 10.1. The van der Waals surface area contributed by atoms with Crippen LogP contribution in [0.2, 0.25) is 0 Å². The Morgan fingerprint density at radius 3 is 2.54 bits per heavy atom. The van der Waals surface area contributed by atoms with Crippen LogP contribution in [0.25, 0.3) is 11.3 Å². The van der Waals surface area contributed by atoms with Crippen molar-refractivity contribution in [3.8, 4) is 11.3 Å². The first-order valence-corrected chi connectivity index (χ1v) is 6.94. The van der Waals surface area contributed by atoms with E-state index in [0.717, 1.165) is 12.5 Å². The van der Waals surface area contributed by atoms with Crippen molar-refractivity contribution in [1.29, 1.82) is 0 Å². The second-order valence-electron chi connectivity index (χ2n) is 5.26. The summed E-state index contributed by atoms with van der Waals surface area (Å²) < 4.78 is 30.7. The Labute approximate surface area is 145 Å². The number of aryl methyl sites for hydroxylation is 1. The highest BCUT2D eigenvalue weighted by Crippen LogP contribution is 2.22. The minimum absolute atomic E-state index is 0. The number of nitrogens with one attached hydrogen (secondary N) is 1. The normalized spacial score (nSPS) is 11.2. The molecule has 2 rings (SSSR count). The molecule has 0 aliphatic carbocycles. The van der Waals surface area contributed by atoms with Gasteiger partial charge in [-0.2, -0.15) is 8.78 Å². The standard InChI is InChI=1S/C17H16F2N2O2.ClH/c1-11-4-5-15(20-9-11)12-6-13(16(22)23-3)8-14(7-12)21-10-17(2,18)19;/h4-10H,1-3H3;1H. The van der Waals surface area contributed by atoms with Crippen molar-refractivity contribution < 1.29 is 35.7 Å². The van der Waals surface area contributed by atoms with Gasteiger partial charge in [0.05, 0.1) is 18.4 Å². The second-order valence-corrected chi connectivity index (χ2v) is 5.26. The van der Waals surface area contributed by atoms with E-state index in [0.29, 0.717) is 23.2 Å². The summed E-state index contributed by atoms with van der Waals surface area (Å²) in [6.07, 6.45) is 2.36. The van der Waals surface area contributed by atoms with Gasteiger partial charge in [-0.3, -0.25) is 4.98 Å². The van der Waals surface area contributed by atoms with Gasteiger partial charge in [-0.1, -0.05) is 6.07 Å². The van der Waals surface area contributed by atoms with Crippen molar-refractivity contribution in [3.05, 3.63) is 47.7 Å². The molecule has 128 valence electrons. The summed E-state index contributed by atoms with van der Waals surface area (Å²) >= 11 is 0. The molecule has 1 N–H and O–H groups in total. The van der Waals surface area contributed by atoms with Gasteiger partial charge in [0.25, 0.3) is 0 Å². The third-order valence-electron chi connectivity index (χ3n) is 3.05. The molecule has 0 saturated heterocycles. The van der Waals surface area contributed by atoms with Crippen LogP contribution in [0.15, 0.2) is 36.5 Å². The molecule has 0 atom stereocenters. The average Bonchev–Trinajstić information content (AvgIpc) is 2.52. The summed E-state index contributed by atoms with van der Waals surface area (Å²) in [6, 6.07) is 8.39. The van der Waals surface area contributed by atoms with E-state index < -0.39 is 11.9 Å². The van der Waals surface area contributed by atoms with E-state index in [1.807, 2.05) is 13.0 Å². The lowest BCUT2D eigenvalue weighted by molar-refractivity contribution is -0.355. The molecule has 24 heavy (non-hydrogen) atoms. The van der Waals surface area contributed by atoms with Crippen LogP contribution in [0, 0.1) is 6.92 Å². The van der Waals surface area contributed by atoms with E-state index in [9.17, 15) is 13.6 Å². The SMILES string of the molecule is COC(=O)c1cc([NH+]=CC(C)(F)F)cc(-c2ccc(C)cn2)c1.[Cl-]. The molecule has 1 heterocycles. The first kappa shape index (κ1) is 19.7. The molecule has 0 spiro atoms. The largest absolute Gasteiger partial charge is 1.00 e. The molecule has 4 nitrogen and oxygen atoms in total. The number of carbonyl (C=O) groups is 1. The number of aromatic nitrogens is 1. The predicted octanol–water partition coefficient (Wildman–Crippen LogP) is -0.714. The number of esters is 1. The van der Waals surface area contributed by atoms with Crippen LogP contribution in [0.5, 0.6) is 0 Å². The smallest absolute Gasteiger partial charge is 0.338 e. The molecule has 1 aromatic heterocycles. The van der Waals surface area contributed by atoms with Crippen LogP contribution in [-0.4, -0.2) is 30.2 Å². The lowest BCUT2D eigenvalue weighted by Crippen LogP contribution is -3.00. The highest BCUT2D eigenvalue weighted by molar-refractivity contribution is 5.92. The van der Waals surface area contributed by atoms with Crippen LogP contribution in [0.3, 0.4) is 0 Å². The van der Waals surface area contributed by atoms with Crippen LogP contribution in [-0.2, 0) is 4.74 Å². The number of methoxy groups -OCH3 is 1. The van der Waals surface area contributed by atoms with Crippen molar-refractivity contribution in [2.45, 2.75) is 19.8 Å². The minimum Gasteiger partial charge on any atom is -1.00 e. The number of hydrogen-bond acceptors (Lipinski definition) is 3. The van der Waals surface area contributed by atoms with Gasteiger partial charge in [0, 0.05) is 30.8 Å².